The predicted molar refractivity (Wildman–Crippen MR) is 82.0 cm³/mol. The minimum absolute atomic E-state index is 0.0946. The smallest absolute Gasteiger partial charge is 0.130 e. The molecule has 0 aliphatic heterocycles. The maximum atomic E-state index is 8.73. The zero-order valence-corrected chi connectivity index (χ0v) is 12.7. The summed E-state index contributed by atoms with van der Waals surface area (Å²) in [6, 6.07) is 7.86. The number of ether oxygens (including phenoxy) is 1. The molecule has 1 N–H and O–H groups in total. The van der Waals surface area contributed by atoms with Crippen LogP contribution in [-0.4, -0.2) is 21.5 Å². The lowest BCUT2D eigenvalue weighted by atomic mass is 10.1. The first kappa shape index (κ1) is 15.1. The van der Waals surface area contributed by atoms with E-state index >= 15 is 0 Å². The topological polar surface area (TPSA) is 47.3 Å². The monoisotopic (exact) mass is 284 g/mol. The normalized spacial score (nSPS) is 10.1. The lowest BCUT2D eigenvalue weighted by Gasteiger charge is -2.08. The van der Waals surface area contributed by atoms with Gasteiger partial charge in [-0.2, -0.15) is 5.10 Å². The molecule has 2 aromatic rings. The zero-order chi connectivity index (χ0) is 15.2. The van der Waals surface area contributed by atoms with Gasteiger partial charge in [-0.1, -0.05) is 11.8 Å². The standard InChI is InChI=1S/C17H20N2O2/c1-13-10-17(8-7-15(13)6-4-5-9-20)21-12-16-11-14(2)18-19(16)3/h7-8,10-11,20H,5,9,12H2,1-3H3. The van der Waals surface area contributed by atoms with E-state index in [0.29, 0.717) is 13.0 Å². The number of aliphatic hydroxyl groups is 1. The van der Waals surface area contributed by atoms with E-state index in [0.717, 1.165) is 28.3 Å². The van der Waals surface area contributed by atoms with Gasteiger partial charge in [0, 0.05) is 19.0 Å². The van der Waals surface area contributed by atoms with E-state index in [9.17, 15) is 0 Å². The molecule has 2 rings (SSSR count). The van der Waals surface area contributed by atoms with Gasteiger partial charge in [-0.15, -0.1) is 0 Å². The van der Waals surface area contributed by atoms with Crippen molar-refractivity contribution in [3.05, 3.63) is 46.8 Å². The van der Waals surface area contributed by atoms with Crippen LogP contribution in [0.1, 0.15) is 28.9 Å². The Bertz CT molecular complexity index is 678. The third-order valence-corrected chi connectivity index (χ3v) is 3.14. The molecule has 0 radical (unpaired) electrons. The molecular weight excluding hydrogens is 264 g/mol. The largest absolute Gasteiger partial charge is 0.487 e. The van der Waals surface area contributed by atoms with Gasteiger partial charge in [0.25, 0.3) is 0 Å². The molecular formula is C17H20N2O2. The highest BCUT2D eigenvalue weighted by molar-refractivity contribution is 5.44. The fraction of sp³-hybridized carbons (Fsp3) is 0.353. The second-order valence-electron chi connectivity index (χ2n) is 4.94. The van der Waals surface area contributed by atoms with Crippen LogP contribution in [0, 0.1) is 25.7 Å². The molecule has 0 aliphatic rings. The molecule has 0 aliphatic carbocycles. The van der Waals surface area contributed by atoms with Crippen molar-refractivity contribution in [2.45, 2.75) is 26.9 Å². The van der Waals surface area contributed by atoms with Gasteiger partial charge in [0.15, 0.2) is 0 Å². The number of aromatic nitrogens is 2. The van der Waals surface area contributed by atoms with Gasteiger partial charge in [0.1, 0.15) is 12.4 Å². The minimum atomic E-state index is 0.0946. The van der Waals surface area contributed by atoms with E-state index in [2.05, 4.69) is 16.9 Å². The van der Waals surface area contributed by atoms with Crippen LogP contribution in [0.15, 0.2) is 24.3 Å². The summed E-state index contributed by atoms with van der Waals surface area (Å²) in [6.07, 6.45) is 0.498. The fourth-order valence-electron chi connectivity index (χ4n) is 2.04. The number of benzene rings is 1. The molecule has 4 nitrogen and oxygen atoms in total. The third-order valence-electron chi connectivity index (χ3n) is 3.14. The van der Waals surface area contributed by atoms with E-state index in [1.54, 1.807) is 0 Å². The van der Waals surface area contributed by atoms with Gasteiger partial charge in [-0.05, 0) is 43.7 Å². The molecule has 0 bridgehead atoms. The Morgan fingerprint density at radius 3 is 2.71 bits per heavy atom. The summed E-state index contributed by atoms with van der Waals surface area (Å²) in [5.74, 6) is 6.79. The summed E-state index contributed by atoms with van der Waals surface area (Å²) in [5, 5.41) is 13.0. The van der Waals surface area contributed by atoms with Crippen LogP contribution in [-0.2, 0) is 13.7 Å². The van der Waals surface area contributed by atoms with Crippen LogP contribution in [0.2, 0.25) is 0 Å². The molecule has 1 aromatic heterocycles. The molecule has 0 saturated heterocycles. The van der Waals surface area contributed by atoms with E-state index in [-0.39, 0.29) is 6.61 Å². The lowest BCUT2D eigenvalue weighted by Crippen LogP contribution is -2.03. The Labute approximate surface area is 125 Å². The van der Waals surface area contributed by atoms with Crippen molar-refractivity contribution in [2.24, 2.45) is 7.05 Å². The summed E-state index contributed by atoms with van der Waals surface area (Å²) >= 11 is 0. The molecule has 110 valence electrons. The maximum Gasteiger partial charge on any atom is 0.130 e. The Morgan fingerprint density at radius 1 is 1.29 bits per heavy atom. The van der Waals surface area contributed by atoms with Crippen LogP contribution >= 0.6 is 0 Å². The van der Waals surface area contributed by atoms with E-state index in [1.807, 2.05) is 49.8 Å². The summed E-state index contributed by atoms with van der Waals surface area (Å²) in [5.41, 5.74) is 4.06. The second-order valence-corrected chi connectivity index (χ2v) is 4.94. The van der Waals surface area contributed by atoms with E-state index < -0.39 is 0 Å². The van der Waals surface area contributed by atoms with Crippen molar-refractivity contribution in [3.63, 3.8) is 0 Å². The quantitative estimate of drug-likeness (QED) is 0.877. The number of aryl methyl sites for hydroxylation is 3. The van der Waals surface area contributed by atoms with Crippen molar-refractivity contribution in [3.8, 4) is 17.6 Å². The van der Waals surface area contributed by atoms with Crippen molar-refractivity contribution < 1.29 is 9.84 Å². The van der Waals surface area contributed by atoms with Gasteiger partial charge in [0.05, 0.1) is 18.0 Å². The lowest BCUT2D eigenvalue weighted by molar-refractivity contribution is 0.294. The first-order valence-corrected chi connectivity index (χ1v) is 6.93. The van der Waals surface area contributed by atoms with Crippen LogP contribution in [0.4, 0.5) is 0 Å². The zero-order valence-electron chi connectivity index (χ0n) is 12.7. The first-order valence-electron chi connectivity index (χ1n) is 6.93. The molecule has 0 unspecified atom stereocenters. The Morgan fingerprint density at radius 2 is 2.10 bits per heavy atom. The Balaban J connectivity index is 2.04. The van der Waals surface area contributed by atoms with E-state index in [1.165, 1.54) is 0 Å². The molecule has 0 atom stereocenters. The average Bonchev–Trinajstić information content (AvgIpc) is 2.77. The highest BCUT2D eigenvalue weighted by atomic mass is 16.5. The predicted octanol–water partition coefficient (Wildman–Crippen LogP) is 2.35. The third kappa shape index (κ3) is 4.11. The maximum absolute atomic E-state index is 8.73. The van der Waals surface area contributed by atoms with Crippen molar-refractivity contribution in [2.75, 3.05) is 6.61 Å². The van der Waals surface area contributed by atoms with Crippen LogP contribution in [0.25, 0.3) is 0 Å². The number of hydrogen-bond donors (Lipinski definition) is 1. The van der Waals surface area contributed by atoms with Gasteiger partial charge in [-0.3, -0.25) is 4.68 Å². The van der Waals surface area contributed by atoms with Gasteiger partial charge < -0.3 is 9.84 Å². The summed E-state index contributed by atoms with van der Waals surface area (Å²) in [4.78, 5) is 0. The van der Waals surface area contributed by atoms with Crippen molar-refractivity contribution >= 4 is 0 Å². The Hall–Kier alpha value is -2.25. The summed E-state index contributed by atoms with van der Waals surface area (Å²) in [6.45, 7) is 4.56. The Kier molecular flexibility index (Phi) is 5.02. The number of aliphatic hydroxyl groups excluding tert-OH is 1. The number of hydrogen-bond acceptors (Lipinski definition) is 3. The van der Waals surface area contributed by atoms with Crippen LogP contribution in [0.3, 0.4) is 0 Å². The molecule has 21 heavy (non-hydrogen) atoms. The van der Waals surface area contributed by atoms with Crippen LogP contribution < -0.4 is 4.74 Å². The van der Waals surface area contributed by atoms with Gasteiger partial charge >= 0.3 is 0 Å². The molecule has 1 heterocycles. The highest BCUT2D eigenvalue weighted by Gasteiger charge is 2.04. The highest BCUT2D eigenvalue weighted by Crippen LogP contribution is 2.18. The average molecular weight is 284 g/mol. The van der Waals surface area contributed by atoms with Gasteiger partial charge in [0.2, 0.25) is 0 Å². The molecule has 0 amide bonds. The molecule has 0 fully saturated rings. The van der Waals surface area contributed by atoms with E-state index in [4.69, 9.17) is 9.84 Å². The molecule has 0 spiro atoms. The van der Waals surface area contributed by atoms with Crippen LogP contribution in [0.5, 0.6) is 5.75 Å². The number of rotatable bonds is 4. The second kappa shape index (κ2) is 6.96. The first-order chi connectivity index (χ1) is 10.1. The molecule has 4 heteroatoms. The van der Waals surface area contributed by atoms with Crippen molar-refractivity contribution in [1.82, 2.24) is 9.78 Å². The minimum Gasteiger partial charge on any atom is -0.487 e. The number of nitrogens with zero attached hydrogens (tertiary/aromatic N) is 2. The summed E-state index contributed by atoms with van der Waals surface area (Å²) < 4.78 is 7.63. The van der Waals surface area contributed by atoms with Crippen molar-refractivity contribution in [1.29, 1.82) is 0 Å². The molecule has 0 saturated carbocycles. The fourth-order valence-corrected chi connectivity index (χ4v) is 2.04. The molecule has 1 aromatic carbocycles. The van der Waals surface area contributed by atoms with Gasteiger partial charge in [-0.25, -0.2) is 0 Å². The SMILES string of the molecule is Cc1cc(COc2ccc(C#CCCO)c(C)c2)n(C)n1. The summed E-state index contributed by atoms with van der Waals surface area (Å²) in [7, 11) is 1.91.